The Kier molecular flexibility index (Phi) is 6.19. The number of halogens is 5. The predicted molar refractivity (Wildman–Crippen MR) is 87.6 cm³/mol. The van der Waals surface area contributed by atoms with Crippen molar-refractivity contribution >= 4 is 17.6 Å². The molecule has 0 saturated heterocycles. The van der Waals surface area contributed by atoms with Crippen LogP contribution >= 0.6 is 0 Å². The maximum Gasteiger partial charge on any atom is 0.499 e. The molecule has 0 bridgehead atoms. The molecule has 0 saturated carbocycles. The third kappa shape index (κ3) is 5.27. The van der Waals surface area contributed by atoms with Crippen LogP contribution in [0.5, 0.6) is 5.75 Å². The molecule has 2 aromatic rings. The Hall–Kier alpha value is -3.51. The molecule has 1 heterocycles. The zero-order chi connectivity index (χ0) is 21.8. The number of aromatic nitrogens is 1. The number of carbonyl (C=O) groups is 1. The van der Waals surface area contributed by atoms with E-state index < -0.39 is 40.6 Å². The first kappa shape index (κ1) is 21.8. The highest BCUT2D eigenvalue weighted by Crippen LogP contribution is 2.38. The molecule has 0 fully saturated rings. The summed E-state index contributed by atoms with van der Waals surface area (Å²) in [4.78, 5) is 26.1. The minimum absolute atomic E-state index is 0.170. The predicted octanol–water partition coefficient (Wildman–Crippen LogP) is 4.30. The first-order valence-electron chi connectivity index (χ1n) is 7.65. The van der Waals surface area contributed by atoms with Gasteiger partial charge in [-0.15, -0.1) is 0 Å². The summed E-state index contributed by atoms with van der Waals surface area (Å²) in [5.74, 6) is -1.86. The number of rotatable bonds is 6. The number of carbonyl (C=O) groups excluding carboxylic acids is 1. The summed E-state index contributed by atoms with van der Waals surface area (Å²) < 4.78 is 71.0. The number of hydrogen-bond donors (Lipinski definition) is 0. The van der Waals surface area contributed by atoms with E-state index >= 15 is 0 Å². The van der Waals surface area contributed by atoms with Crippen molar-refractivity contribution in [1.29, 1.82) is 0 Å². The maximum atomic E-state index is 13.0. The van der Waals surface area contributed by atoms with Crippen LogP contribution in [0.1, 0.15) is 5.56 Å². The van der Waals surface area contributed by atoms with Crippen LogP contribution < -0.4 is 9.64 Å². The Balaban J connectivity index is 2.21. The van der Waals surface area contributed by atoms with Crippen LogP contribution in [-0.4, -0.2) is 35.3 Å². The summed E-state index contributed by atoms with van der Waals surface area (Å²) in [5, 5.41) is 11.2. The van der Waals surface area contributed by atoms with Gasteiger partial charge in [-0.3, -0.25) is 15.0 Å². The second-order valence-electron chi connectivity index (χ2n) is 5.49. The van der Waals surface area contributed by atoms with E-state index in [1.807, 2.05) is 0 Å². The van der Waals surface area contributed by atoms with Gasteiger partial charge in [-0.05, 0) is 5.56 Å². The highest BCUT2D eigenvalue weighted by molar-refractivity contribution is 5.88. The third-order valence-corrected chi connectivity index (χ3v) is 3.39. The lowest BCUT2D eigenvalue weighted by Crippen LogP contribution is -2.41. The fourth-order valence-corrected chi connectivity index (χ4v) is 1.98. The van der Waals surface area contributed by atoms with Crippen LogP contribution in [-0.2, 0) is 11.3 Å². The molecule has 0 spiro atoms. The molecule has 0 aliphatic carbocycles. The number of amides is 1. The summed E-state index contributed by atoms with van der Waals surface area (Å²) in [6.45, 7) is -0.170. The van der Waals surface area contributed by atoms with E-state index in [9.17, 15) is 36.9 Å². The van der Waals surface area contributed by atoms with Crippen molar-refractivity contribution < 1.29 is 41.1 Å². The van der Waals surface area contributed by atoms with Gasteiger partial charge in [0.15, 0.2) is 5.75 Å². The van der Waals surface area contributed by atoms with E-state index in [0.717, 1.165) is 7.05 Å². The highest BCUT2D eigenvalue weighted by atomic mass is 19.4. The normalized spacial score (nSPS) is 11.7. The SMILES string of the molecule is CN(C(=O)OCc1ccccc1)c1ncc(OC(F)(F)C(F)(F)F)cc1[N+](=O)[O-]. The maximum absolute atomic E-state index is 13.0. The van der Waals surface area contributed by atoms with Crippen LogP contribution in [0, 0.1) is 10.1 Å². The number of ether oxygens (including phenoxy) is 2. The van der Waals surface area contributed by atoms with Gasteiger partial charge in [0, 0.05) is 7.05 Å². The number of benzene rings is 1. The quantitative estimate of drug-likeness (QED) is 0.392. The van der Waals surface area contributed by atoms with Crippen molar-refractivity contribution in [3.8, 4) is 5.75 Å². The van der Waals surface area contributed by atoms with Crippen molar-refractivity contribution in [2.45, 2.75) is 18.9 Å². The third-order valence-electron chi connectivity index (χ3n) is 3.39. The van der Waals surface area contributed by atoms with E-state index in [2.05, 4.69) is 9.72 Å². The van der Waals surface area contributed by atoms with E-state index in [1.54, 1.807) is 30.3 Å². The topological polar surface area (TPSA) is 94.8 Å². The Bertz CT molecular complexity index is 892. The number of nitrogens with zero attached hydrogens (tertiary/aromatic N) is 3. The van der Waals surface area contributed by atoms with Crippen molar-refractivity contribution in [2.24, 2.45) is 0 Å². The molecule has 0 atom stereocenters. The summed E-state index contributed by atoms with van der Waals surface area (Å²) in [5.41, 5.74) is -0.422. The van der Waals surface area contributed by atoms with Crippen LogP contribution in [0.25, 0.3) is 0 Å². The average Bonchev–Trinajstić information content (AvgIpc) is 2.65. The van der Waals surface area contributed by atoms with Gasteiger partial charge in [-0.1, -0.05) is 30.3 Å². The zero-order valence-corrected chi connectivity index (χ0v) is 14.5. The van der Waals surface area contributed by atoms with Crippen LogP contribution in [0.2, 0.25) is 0 Å². The summed E-state index contributed by atoms with van der Waals surface area (Å²) in [7, 11) is 1.05. The van der Waals surface area contributed by atoms with Gasteiger partial charge in [-0.25, -0.2) is 9.78 Å². The average molecular weight is 421 g/mol. The minimum Gasteiger partial charge on any atom is -0.444 e. The Morgan fingerprint density at radius 2 is 1.83 bits per heavy atom. The second-order valence-corrected chi connectivity index (χ2v) is 5.49. The number of anilines is 1. The van der Waals surface area contributed by atoms with Crippen molar-refractivity contribution in [1.82, 2.24) is 4.98 Å². The van der Waals surface area contributed by atoms with Gasteiger partial charge < -0.3 is 9.47 Å². The fourth-order valence-electron chi connectivity index (χ4n) is 1.98. The molecule has 156 valence electrons. The molecular weight excluding hydrogens is 409 g/mol. The molecule has 0 aliphatic heterocycles. The summed E-state index contributed by atoms with van der Waals surface area (Å²) in [6, 6.07) is 8.71. The number of alkyl halides is 5. The lowest BCUT2D eigenvalue weighted by molar-refractivity contribution is -0.385. The monoisotopic (exact) mass is 421 g/mol. The number of hydrogen-bond acceptors (Lipinski definition) is 6. The van der Waals surface area contributed by atoms with Gasteiger partial charge in [0.1, 0.15) is 6.61 Å². The van der Waals surface area contributed by atoms with Crippen molar-refractivity contribution in [3.05, 3.63) is 58.3 Å². The molecular formula is C16H12F5N3O5. The van der Waals surface area contributed by atoms with Crippen molar-refractivity contribution in [3.63, 3.8) is 0 Å². The molecule has 2 rings (SSSR count). The molecule has 1 aromatic heterocycles. The molecule has 13 heteroatoms. The Morgan fingerprint density at radius 1 is 1.21 bits per heavy atom. The summed E-state index contributed by atoms with van der Waals surface area (Å²) >= 11 is 0. The molecule has 1 amide bonds. The largest absolute Gasteiger partial charge is 0.499 e. The van der Waals surface area contributed by atoms with Gasteiger partial charge >= 0.3 is 24.1 Å². The van der Waals surface area contributed by atoms with E-state index in [1.165, 1.54) is 0 Å². The number of pyridine rings is 1. The lowest BCUT2D eigenvalue weighted by atomic mass is 10.2. The van der Waals surface area contributed by atoms with Gasteiger partial charge in [0.25, 0.3) is 0 Å². The molecule has 0 radical (unpaired) electrons. The minimum atomic E-state index is -6.04. The van der Waals surface area contributed by atoms with Crippen LogP contribution in [0.4, 0.5) is 38.3 Å². The lowest BCUT2D eigenvalue weighted by Gasteiger charge is -2.20. The second kappa shape index (κ2) is 8.24. The Labute approximate surface area is 159 Å². The number of nitro groups is 1. The van der Waals surface area contributed by atoms with Gasteiger partial charge in [0.2, 0.25) is 5.82 Å². The van der Waals surface area contributed by atoms with Crippen molar-refractivity contribution in [2.75, 3.05) is 11.9 Å². The molecule has 0 aliphatic rings. The van der Waals surface area contributed by atoms with Gasteiger partial charge in [0.05, 0.1) is 17.2 Å². The summed E-state index contributed by atoms with van der Waals surface area (Å²) in [6.07, 6.45) is -12.3. The van der Waals surface area contributed by atoms with Crippen LogP contribution in [0.3, 0.4) is 0 Å². The highest BCUT2D eigenvalue weighted by Gasteiger charge is 2.61. The van der Waals surface area contributed by atoms with E-state index in [4.69, 9.17) is 4.74 Å². The van der Waals surface area contributed by atoms with E-state index in [0.29, 0.717) is 22.7 Å². The first-order valence-corrected chi connectivity index (χ1v) is 7.65. The van der Waals surface area contributed by atoms with E-state index in [-0.39, 0.29) is 6.61 Å². The molecule has 0 N–H and O–H groups in total. The standard InChI is InChI=1S/C16H12F5N3O5/c1-23(14(25)28-9-10-5-3-2-4-6-10)13-12(24(26)27)7-11(8-22-13)29-16(20,21)15(17,18)19/h2-8H,9H2,1H3. The molecule has 8 nitrogen and oxygen atoms in total. The zero-order valence-electron chi connectivity index (χ0n) is 14.5. The first-order chi connectivity index (χ1) is 13.4. The Morgan fingerprint density at radius 3 is 2.38 bits per heavy atom. The molecule has 0 unspecified atom stereocenters. The molecule has 29 heavy (non-hydrogen) atoms. The fraction of sp³-hybridized carbons (Fsp3) is 0.250. The van der Waals surface area contributed by atoms with Crippen LogP contribution in [0.15, 0.2) is 42.6 Å². The smallest absolute Gasteiger partial charge is 0.444 e. The molecule has 1 aromatic carbocycles. The van der Waals surface area contributed by atoms with Gasteiger partial charge in [-0.2, -0.15) is 22.0 Å².